The molecule has 2 aromatic carbocycles. The molecule has 4 heterocycles. The van der Waals surface area contributed by atoms with Gasteiger partial charge in [-0.25, -0.2) is 14.7 Å². The van der Waals surface area contributed by atoms with Gasteiger partial charge in [0.2, 0.25) is 0 Å². The maximum atomic E-state index is 14.1. The van der Waals surface area contributed by atoms with Crippen LogP contribution in [-0.2, 0) is 4.74 Å². The quantitative estimate of drug-likeness (QED) is 0.127. The van der Waals surface area contributed by atoms with Crippen molar-refractivity contribution in [1.82, 2.24) is 14.9 Å². The molecule has 0 spiro atoms. The summed E-state index contributed by atoms with van der Waals surface area (Å²) in [7, 11) is 5.53. The normalized spacial score (nSPS) is 17.8. The highest BCUT2D eigenvalue weighted by atomic mass is 33.1. The SMILES string of the molecule is COc1cc2c(cc1OC)N(C(=O)OC[C@@H](C)SSc1ccc([N+](=O)[O-])cn1)[C@@H](O)[C@@H]1CC(c3ccc4ncccc4c3)=CN1C2=O. The summed E-state index contributed by atoms with van der Waals surface area (Å²) in [4.78, 5) is 49.2. The van der Waals surface area contributed by atoms with Crippen LogP contribution in [0.5, 0.6) is 11.5 Å². The van der Waals surface area contributed by atoms with Crippen LogP contribution in [0.25, 0.3) is 16.5 Å². The van der Waals surface area contributed by atoms with E-state index in [1.807, 2.05) is 37.3 Å². The molecule has 0 saturated carbocycles. The van der Waals surface area contributed by atoms with E-state index in [1.165, 1.54) is 65.1 Å². The molecule has 0 fully saturated rings. The number of benzene rings is 2. The third-order valence-corrected chi connectivity index (χ3v) is 10.5. The Kier molecular flexibility index (Phi) is 9.20. The second-order valence-electron chi connectivity index (χ2n) is 10.7. The van der Waals surface area contributed by atoms with Crippen LogP contribution in [0.3, 0.4) is 0 Å². The maximum absolute atomic E-state index is 14.1. The van der Waals surface area contributed by atoms with E-state index in [4.69, 9.17) is 14.2 Å². The first-order valence-electron chi connectivity index (χ1n) is 14.4. The van der Waals surface area contributed by atoms with Gasteiger partial charge in [-0.3, -0.25) is 19.9 Å². The van der Waals surface area contributed by atoms with Gasteiger partial charge in [0.05, 0.1) is 42.0 Å². The molecule has 2 aromatic heterocycles. The predicted molar refractivity (Wildman–Crippen MR) is 177 cm³/mol. The van der Waals surface area contributed by atoms with Gasteiger partial charge in [-0.05, 0) is 65.6 Å². The van der Waals surface area contributed by atoms with E-state index in [9.17, 15) is 24.8 Å². The Balaban J connectivity index is 1.25. The fourth-order valence-electron chi connectivity index (χ4n) is 5.41. The number of carbonyl (C=O) groups is 2. The summed E-state index contributed by atoms with van der Waals surface area (Å²) in [6, 6.07) is 14.7. The standard InChI is InChI=1S/C32H29N5O8S2/c1-18(46-47-29-9-7-22(15-34-29)37(41)42)17-45-32(40)36-25-14-28(44-3)27(43-2)13-23(25)30(38)35-16-21(12-26(35)31(36)39)19-6-8-24-20(11-19)5-4-10-33-24/h4-11,13-16,18,26,31,39H,12,17H2,1-3H3/t18-,26+,31+/m1/s1. The number of hydrogen-bond donors (Lipinski definition) is 1. The number of fused-ring (bicyclic) bond motifs is 3. The van der Waals surface area contributed by atoms with Gasteiger partial charge in [-0.1, -0.05) is 22.9 Å². The van der Waals surface area contributed by atoms with Gasteiger partial charge >= 0.3 is 6.09 Å². The zero-order valence-corrected chi connectivity index (χ0v) is 27.1. The fourth-order valence-corrected chi connectivity index (χ4v) is 7.27. The minimum Gasteiger partial charge on any atom is -0.493 e. The number of hydrogen-bond acceptors (Lipinski definition) is 12. The second kappa shape index (κ2) is 13.5. The number of ether oxygens (including phenoxy) is 3. The van der Waals surface area contributed by atoms with Crippen molar-refractivity contribution in [3.63, 3.8) is 0 Å². The van der Waals surface area contributed by atoms with Crippen molar-refractivity contribution in [1.29, 1.82) is 0 Å². The molecular formula is C32H29N5O8S2. The lowest BCUT2D eigenvalue weighted by atomic mass is 9.99. The number of aromatic nitrogens is 2. The van der Waals surface area contributed by atoms with Crippen LogP contribution < -0.4 is 14.4 Å². The van der Waals surface area contributed by atoms with Crippen LogP contribution in [0.1, 0.15) is 29.3 Å². The molecule has 242 valence electrons. The summed E-state index contributed by atoms with van der Waals surface area (Å²) in [5, 5.41) is 24.0. The Labute approximate surface area is 277 Å². The monoisotopic (exact) mass is 675 g/mol. The van der Waals surface area contributed by atoms with Crippen LogP contribution in [0.4, 0.5) is 16.2 Å². The molecule has 3 atom stereocenters. The third kappa shape index (κ3) is 6.41. The van der Waals surface area contributed by atoms with Crippen LogP contribution in [-0.4, -0.2) is 75.2 Å². The molecule has 4 aromatic rings. The van der Waals surface area contributed by atoms with Crippen molar-refractivity contribution in [3.8, 4) is 11.5 Å². The van der Waals surface area contributed by atoms with Crippen molar-refractivity contribution < 1.29 is 33.8 Å². The molecule has 15 heteroatoms. The molecule has 2 aliphatic rings. The number of carbonyl (C=O) groups excluding carboxylic acids is 2. The topological polar surface area (TPSA) is 157 Å². The average molecular weight is 676 g/mol. The summed E-state index contributed by atoms with van der Waals surface area (Å²) in [5.74, 6) is 0.130. The lowest BCUT2D eigenvalue weighted by Gasteiger charge is -2.32. The molecule has 0 aliphatic carbocycles. The summed E-state index contributed by atoms with van der Waals surface area (Å²) < 4.78 is 16.6. The Morgan fingerprint density at radius 3 is 2.64 bits per heavy atom. The average Bonchev–Trinajstić information content (AvgIpc) is 3.52. The van der Waals surface area contributed by atoms with Crippen LogP contribution in [0.15, 0.2) is 78.2 Å². The Morgan fingerprint density at radius 2 is 1.91 bits per heavy atom. The molecular weight excluding hydrogens is 647 g/mol. The minimum atomic E-state index is -1.47. The van der Waals surface area contributed by atoms with Gasteiger partial charge in [-0.15, -0.1) is 0 Å². The summed E-state index contributed by atoms with van der Waals surface area (Å²) in [6.07, 6.45) is 2.57. The number of pyridine rings is 2. The van der Waals surface area contributed by atoms with Crippen molar-refractivity contribution in [2.75, 3.05) is 25.7 Å². The lowest BCUT2D eigenvalue weighted by molar-refractivity contribution is -0.385. The highest BCUT2D eigenvalue weighted by Gasteiger charge is 2.46. The number of amides is 2. The van der Waals surface area contributed by atoms with E-state index in [0.29, 0.717) is 5.03 Å². The van der Waals surface area contributed by atoms with Gasteiger partial charge in [0, 0.05) is 35.2 Å². The Bertz CT molecular complexity index is 1890. The first kappa shape index (κ1) is 32.1. The number of aliphatic hydroxyl groups excluding tert-OH is 1. The third-order valence-electron chi connectivity index (χ3n) is 7.76. The molecule has 47 heavy (non-hydrogen) atoms. The van der Waals surface area contributed by atoms with Gasteiger partial charge in [0.25, 0.3) is 11.6 Å². The molecule has 0 saturated heterocycles. The van der Waals surface area contributed by atoms with E-state index >= 15 is 0 Å². The number of methoxy groups -OCH3 is 2. The first-order valence-corrected chi connectivity index (χ1v) is 16.6. The highest BCUT2D eigenvalue weighted by molar-refractivity contribution is 8.76. The van der Waals surface area contributed by atoms with Gasteiger partial charge < -0.3 is 24.2 Å². The van der Waals surface area contributed by atoms with Crippen molar-refractivity contribution in [2.24, 2.45) is 0 Å². The first-order chi connectivity index (χ1) is 22.7. The minimum absolute atomic E-state index is 0.0354. The number of rotatable bonds is 9. The molecule has 6 rings (SSSR count). The smallest absolute Gasteiger partial charge is 0.416 e. The van der Waals surface area contributed by atoms with Crippen molar-refractivity contribution >= 4 is 61.4 Å². The largest absolute Gasteiger partial charge is 0.493 e. The number of nitrogens with zero attached hydrogens (tertiary/aromatic N) is 5. The Hall–Kier alpha value is -4.86. The van der Waals surface area contributed by atoms with E-state index in [1.54, 1.807) is 18.5 Å². The van der Waals surface area contributed by atoms with E-state index in [-0.39, 0.29) is 46.7 Å². The molecule has 0 radical (unpaired) electrons. The number of nitro groups is 1. The highest BCUT2D eigenvalue weighted by Crippen LogP contribution is 2.43. The predicted octanol–water partition coefficient (Wildman–Crippen LogP) is 5.91. The maximum Gasteiger partial charge on any atom is 0.416 e. The molecule has 1 N–H and O–H groups in total. The second-order valence-corrected chi connectivity index (χ2v) is 13.4. The van der Waals surface area contributed by atoms with E-state index in [2.05, 4.69) is 9.97 Å². The molecule has 2 amide bonds. The number of anilines is 1. The molecule has 0 bridgehead atoms. The van der Waals surface area contributed by atoms with Gasteiger partial charge in [0.1, 0.15) is 17.8 Å². The van der Waals surface area contributed by atoms with E-state index < -0.39 is 29.2 Å². The van der Waals surface area contributed by atoms with Crippen molar-refractivity contribution in [2.45, 2.75) is 35.9 Å². The lowest BCUT2D eigenvalue weighted by Crippen LogP contribution is -2.50. The number of aliphatic hydroxyl groups is 1. The molecule has 13 nitrogen and oxygen atoms in total. The van der Waals surface area contributed by atoms with Crippen LogP contribution in [0.2, 0.25) is 0 Å². The van der Waals surface area contributed by atoms with E-state index in [0.717, 1.165) is 26.9 Å². The molecule has 0 unspecified atom stereocenters. The van der Waals surface area contributed by atoms with Gasteiger partial charge in [0.15, 0.2) is 17.7 Å². The summed E-state index contributed by atoms with van der Waals surface area (Å²) in [6.45, 7) is 1.81. The van der Waals surface area contributed by atoms with Crippen molar-refractivity contribution in [3.05, 3.63) is 94.4 Å². The molecule has 2 aliphatic heterocycles. The Morgan fingerprint density at radius 1 is 1.13 bits per heavy atom. The fraction of sp³-hybridized carbons (Fsp3) is 0.250. The van der Waals surface area contributed by atoms with Gasteiger partial charge in [-0.2, -0.15) is 0 Å². The zero-order valence-electron chi connectivity index (χ0n) is 25.4. The summed E-state index contributed by atoms with van der Waals surface area (Å²) >= 11 is 0. The summed E-state index contributed by atoms with van der Waals surface area (Å²) in [5.41, 5.74) is 2.65. The zero-order chi connectivity index (χ0) is 33.2. The van der Waals surface area contributed by atoms with Crippen LogP contribution in [0, 0.1) is 10.1 Å². The van der Waals surface area contributed by atoms with Crippen LogP contribution >= 0.6 is 21.6 Å².